The molecule has 1 fully saturated rings. The second kappa shape index (κ2) is 7.37. The first kappa shape index (κ1) is 20.4. The number of aromatic nitrogens is 4. The first-order valence-corrected chi connectivity index (χ1v) is 9.69. The monoisotopic (exact) mass is 399 g/mol. The first-order valence-electron chi connectivity index (χ1n) is 7.98. The van der Waals surface area contributed by atoms with Crippen LogP contribution in [0.2, 0.25) is 0 Å². The molecule has 3 atom stereocenters. The van der Waals surface area contributed by atoms with E-state index < -0.39 is 51.2 Å². The highest BCUT2D eigenvalue weighted by atomic mass is 32.2. The third-order valence-corrected chi connectivity index (χ3v) is 6.85. The quantitative estimate of drug-likeness (QED) is 0.768. The van der Waals surface area contributed by atoms with Crippen molar-refractivity contribution in [2.75, 3.05) is 5.75 Å². The van der Waals surface area contributed by atoms with E-state index in [-0.39, 0.29) is 25.0 Å². The van der Waals surface area contributed by atoms with Crippen molar-refractivity contribution in [1.82, 2.24) is 25.5 Å². The summed E-state index contributed by atoms with van der Waals surface area (Å²) < 4.78 is 64.2. The van der Waals surface area contributed by atoms with E-state index in [2.05, 4.69) is 20.8 Å². The van der Waals surface area contributed by atoms with Gasteiger partial charge in [0.05, 0.1) is 17.0 Å². The minimum Gasteiger partial charge on any atom is -0.465 e. The van der Waals surface area contributed by atoms with E-state index in [0.717, 1.165) is 0 Å². The second-order valence-electron chi connectivity index (χ2n) is 6.61. The Hall–Kier alpha value is -1.92. The predicted octanol–water partition coefficient (Wildman–Crippen LogP) is 1.49. The number of amides is 1. The van der Waals surface area contributed by atoms with Crippen LogP contribution >= 0.6 is 0 Å². The highest BCUT2D eigenvalue weighted by molar-refractivity contribution is 7.91. The van der Waals surface area contributed by atoms with Gasteiger partial charge in [-0.1, -0.05) is 0 Å². The van der Waals surface area contributed by atoms with Crippen LogP contribution < -0.4 is 5.32 Å². The lowest BCUT2D eigenvalue weighted by atomic mass is 9.82. The fourth-order valence-electron chi connectivity index (χ4n) is 3.11. The summed E-state index contributed by atoms with van der Waals surface area (Å²) in [5.41, 5.74) is 0. The zero-order valence-corrected chi connectivity index (χ0v) is 15.0. The van der Waals surface area contributed by atoms with Gasteiger partial charge in [0.15, 0.2) is 9.84 Å². The molecule has 0 unspecified atom stereocenters. The normalized spacial score (nSPS) is 24.6. The largest absolute Gasteiger partial charge is 0.465 e. The van der Waals surface area contributed by atoms with E-state index in [9.17, 15) is 26.4 Å². The van der Waals surface area contributed by atoms with Crippen molar-refractivity contribution >= 4 is 15.9 Å². The lowest BCUT2D eigenvalue weighted by molar-refractivity contribution is -0.149. The van der Waals surface area contributed by atoms with E-state index in [1.807, 2.05) is 0 Å². The molecular formula is C13H20F3N5O4S. The van der Waals surface area contributed by atoms with Gasteiger partial charge in [-0.2, -0.15) is 13.2 Å². The molecule has 0 aromatic carbocycles. The Morgan fingerprint density at radius 2 is 2.04 bits per heavy atom. The fourth-order valence-corrected chi connectivity index (χ4v) is 4.46. The summed E-state index contributed by atoms with van der Waals surface area (Å²) in [5, 5.41) is 20.0. The summed E-state index contributed by atoms with van der Waals surface area (Å²) in [4.78, 5) is 11.0. The predicted molar refractivity (Wildman–Crippen MR) is 83.1 cm³/mol. The summed E-state index contributed by atoms with van der Waals surface area (Å²) in [6.45, 7) is 3.00. The zero-order valence-electron chi connectivity index (χ0n) is 14.1. The number of hydrogen-bond acceptors (Lipinski definition) is 6. The van der Waals surface area contributed by atoms with Crippen molar-refractivity contribution in [3.05, 3.63) is 5.82 Å². The van der Waals surface area contributed by atoms with E-state index >= 15 is 0 Å². The third-order valence-electron chi connectivity index (χ3n) is 4.52. The summed E-state index contributed by atoms with van der Waals surface area (Å²) in [6, 6.07) is -1.43. The molecule has 0 bridgehead atoms. The standard InChI is InChI=1S/C13H20F3N5O4S/c1-7(2)26(24,25)6-8-5-9(3-4-10(8)17-12(22)23)21-11(13(14,15)16)18-19-20-21/h7-10,17H,3-6H2,1-2H3,(H,22,23)/t8-,9-,10+/m1/s1. The summed E-state index contributed by atoms with van der Waals surface area (Å²) in [6.07, 6.45) is -5.65. The highest BCUT2D eigenvalue weighted by Gasteiger charge is 2.42. The Bertz CT molecular complexity index is 749. The molecule has 0 saturated heterocycles. The van der Waals surface area contributed by atoms with Crippen LogP contribution in [-0.4, -0.2) is 56.9 Å². The average Bonchev–Trinajstić information content (AvgIpc) is 2.97. The minimum atomic E-state index is -4.74. The van der Waals surface area contributed by atoms with Gasteiger partial charge in [0.2, 0.25) is 0 Å². The molecule has 1 amide bonds. The lowest BCUT2D eigenvalue weighted by Crippen LogP contribution is -2.46. The number of carboxylic acid groups (broad SMARTS) is 1. The van der Waals surface area contributed by atoms with Crippen LogP contribution in [0.25, 0.3) is 0 Å². The van der Waals surface area contributed by atoms with Crippen LogP contribution in [-0.2, 0) is 16.0 Å². The summed E-state index contributed by atoms with van der Waals surface area (Å²) >= 11 is 0. The maximum Gasteiger partial charge on any atom is 0.453 e. The van der Waals surface area contributed by atoms with Gasteiger partial charge in [-0.15, -0.1) is 5.10 Å². The van der Waals surface area contributed by atoms with Crippen molar-refractivity contribution < 1.29 is 31.5 Å². The van der Waals surface area contributed by atoms with E-state index in [4.69, 9.17) is 5.11 Å². The van der Waals surface area contributed by atoms with Crippen LogP contribution in [0.3, 0.4) is 0 Å². The van der Waals surface area contributed by atoms with Gasteiger partial charge in [-0.05, 0) is 49.5 Å². The number of sulfone groups is 1. The molecule has 1 saturated carbocycles. The Labute approximate surface area is 147 Å². The van der Waals surface area contributed by atoms with Gasteiger partial charge in [0.1, 0.15) is 0 Å². The van der Waals surface area contributed by atoms with Crippen LogP contribution in [0.15, 0.2) is 0 Å². The number of nitrogens with one attached hydrogen (secondary N) is 1. The molecule has 0 radical (unpaired) electrons. The van der Waals surface area contributed by atoms with Crippen molar-refractivity contribution in [3.8, 4) is 0 Å². The van der Waals surface area contributed by atoms with E-state index in [1.54, 1.807) is 0 Å². The molecule has 13 heteroatoms. The molecule has 1 aliphatic rings. The lowest BCUT2D eigenvalue weighted by Gasteiger charge is -2.36. The van der Waals surface area contributed by atoms with E-state index in [0.29, 0.717) is 4.68 Å². The van der Waals surface area contributed by atoms with Crippen molar-refractivity contribution in [1.29, 1.82) is 0 Å². The summed E-state index contributed by atoms with van der Waals surface area (Å²) in [7, 11) is -3.51. The fraction of sp³-hybridized carbons (Fsp3) is 0.846. The summed E-state index contributed by atoms with van der Waals surface area (Å²) in [5.74, 6) is -2.25. The zero-order chi connectivity index (χ0) is 19.7. The molecule has 26 heavy (non-hydrogen) atoms. The number of tetrazole rings is 1. The number of hydrogen-bond donors (Lipinski definition) is 2. The minimum absolute atomic E-state index is 0.0189. The number of nitrogens with zero attached hydrogens (tertiary/aromatic N) is 4. The highest BCUT2D eigenvalue weighted by Crippen LogP contribution is 2.37. The van der Waals surface area contributed by atoms with Crippen LogP contribution in [0.4, 0.5) is 18.0 Å². The molecule has 1 aromatic rings. The maximum absolute atomic E-state index is 13.0. The first-order chi connectivity index (χ1) is 11.9. The average molecular weight is 399 g/mol. The Morgan fingerprint density at radius 3 is 2.58 bits per heavy atom. The van der Waals surface area contributed by atoms with Crippen LogP contribution in [0.5, 0.6) is 0 Å². The second-order valence-corrected chi connectivity index (χ2v) is 9.21. The molecule has 0 aliphatic heterocycles. The van der Waals surface area contributed by atoms with Crippen LogP contribution in [0.1, 0.15) is 45.0 Å². The van der Waals surface area contributed by atoms with Gasteiger partial charge < -0.3 is 10.4 Å². The molecule has 2 N–H and O–H groups in total. The number of alkyl halides is 3. The van der Waals surface area contributed by atoms with Crippen molar-refractivity contribution in [3.63, 3.8) is 0 Å². The molecule has 2 rings (SSSR count). The molecule has 0 spiro atoms. The van der Waals surface area contributed by atoms with Crippen LogP contribution in [0, 0.1) is 5.92 Å². The third kappa shape index (κ3) is 4.62. The number of carbonyl (C=O) groups is 1. The topological polar surface area (TPSA) is 127 Å². The molecule has 1 aliphatic carbocycles. The van der Waals surface area contributed by atoms with Gasteiger partial charge in [0, 0.05) is 6.04 Å². The van der Waals surface area contributed by atoms with Gasteiger partial charge in [-0.25, -0.2) is 17.9 Å². The number of rotatable bonds is 5. The Kier molecular flexibility index (Phi) is 5.78. The SMILES string of the molecule is CC(C)S(=O)(=O)C[C@H]1C[C@H](n2nnnc2C(F)(F)F)CC[C@@H]1NC(=O)O. The molecule has 1 aromatic heterocycles. The Morgan fingerprint density at radius 1 is 1.38 bits per heavy atom. The molecular weight excluding hydrogens is 379 g/mol. The molecule has 9 nitrogen and oxygen atoms in total. The maximum atomic E-state index is 13.0. The number of halogens is 3. The van der Waals surface area contributed by atoms with E-state index in [1.165, 1.54) is 13.8 Å². The van der Waals surface area contributed by atoms with Gasteiger partial charge in [0.25, 0.3) is 5.82 Å². The van der Waals surface area contributed by atoms with Gasteiger partial charge in [-0.3, -0.25) is 0 Å². The van der Waals surface area contributed by atoms with Crippen molar-refractivity contribution in [2.24, 2.45) is 5.92 Å². The molecule has 1 heterocycles. The molecule has 148 valence electrons. The van der Waals surface area contributed by atoms with Crippen molar-refractivity contribution in [2.45, 2.75) is 56.6 Å². The van der Waals surface area contributed by atoms with Gasteiger partial charge >= 0.3 is 12.3 Å². The smallest absolute Gasteiger partial charge is 0.453 e. The Balaban J connectivity index is 2.27.